The highest BCUT2D eigenvalue weighted by Crippen LogP contribution is 2.30. The third-order valence-corrected chi connectivity index (χ3v) is 5.41. The van der Waals surface area contributed by atoms with Crippen molar-refractivity contribution in [2.24, 2.45) is 0 Å². The minimum absolute atomic E-state index is 0.785. The van der Waals surface area contributed by atoms with Crippen molar-refractivity contribution in [3.05, 3.63) is 83.9 Å². The van der Waals surface area contributed by atoms with Gasteiger partial charge in [-0.1, -0.05) is 23.9 Å². The number of aromatic nitrogens is 5. The highest BCUT2D eigenvalue weighted by Gasteiger charge is 2.16. The molecule has 0 radical (unpaired) electrons. The lowest BCUT2D eigenvalue weighted by atomic mass is 10.1. The van der Waals surface area contributed by atoms with E-state index in [0.29, 0.717) is 0 Å². The first-order valence-corrected chi connectivity index (χ1v) is 9.66. The molecular formula is C21H19N5S. The van der Waals surface area contributed by atoms with Gasteiger partial charge >= 0.3 is 0 Å². The molecule has 0 saturated carbocycles. The standard InChI is InChI=1S/C21H19N5S/c1-15-5-6-19(12-16(15)2)26-20(18-7-10-22-11-8-18)24-25-21(26)27-14-17-4-3-9-23-13-17/h3-13H,14H2,1-2H3. The summed E-state index contributed by atoms with van der Waals surface area (Å²) in [4.78, 5) is 8.30. The average Bonchev–Trinajstić information content (AvgIpc) is 3.14. The van der Waals surface area contributed by atoms with Gasteiger partial charge in [-0.15, -0.1) is 10.2 Å². The minimum Gasteiger partial charge on any atom is -0.270 e. The summed E-state index contributed by atoms with van der Waals surface area (Å²) in [5.41, 5.74) is 5.71. The second-order valence-corrected chi connectivity index (χ2v) is 7.24. The molecular weight excluding hydrogens is 354 g/mol. The van der Waals surface area contributed by atoms with Crippen molar-refractivity contribution in [3.8, 4) is 17.1 Å². The summed E-state index contributed by atoms with van der Waals surface area (Å²) in [7, 11) is 0. The Morgan fingerprint density at radius 3 is 2.48 bits per heavy atom. The van der Waals surface area contributed by atoms with E-state index >= 15 is 0 Å². The Labute approximate surface area is 162 Å². The zero-order valence-electron chi connectivity index (χ0n) is 15.2. The first kappa shape index (κ1) is 17.4. The Morgan fingerprint density at radius 1 is 0.889 bits per heavy atom. The molecule has 0 amide bonds. The lowest BCUT2D eigenvalue weighted by molar-refractivity contribution is 0.884. The number of hydrogen-bond acceptors (Lipinski definition) is 5. The molecule has 1 aromatic carbocycles. The molecule has 27 heavy (non-hydrogen) atoms. The maximum absolute atomic E-state index is 4.48. The Hall–Kier alpha value is -2.99. The predicted molar refractivity (Wildman–Crippen MR) is 108 cm³/mol. The molecule has 0 aliphatic heterocycles. The van der Waals surface area contributed by atoms with Crippen LogP contribution in [0.4, 0.5) is 0 Å². The fourth-order valence-corrected chi connectivity index (χ4v) is 3.67. The van der Waals surface area contributed by atoms with Gasteiger partial charge in [0.15, 0.2) is 11.0 Å². The SMILES string of the molecule is Cc1ccc(-n2c(SCc3cccnc3)nnc2-c2ccncc2)cc1C. The van der Waals surface area contributed by atoms with Crippen molar-refractivity contribution in [2.75, 3.05) is 0 Å². The number of hydrogen-bond donors (Lipinski definition) is 0. The third kappa shape index (κ3) is 3.75. The topological polar surface area (TPSA) is 56.5 Å². The van der Waals surface area contributed by atoms with Crippen LogP contribution >= 0.6 is 11.8 Å². The number of aryl methyl sites for hydroxylation is 2. The second-order valence-electron chi connectivity index (χ2n) is 6.30. The van der Waals surface area contributed by atoms with Gasteiger partial charge in [0.1, 0.15) is 0 Å². The van der Waals surface area contributed by atoms with E-state index in [1.165, 1.54) is 11.1 Å². The highest BCUT2D eigenvalue weighted by atomic mass is 32.2. The lowest BCUT2D eigenvalue weighted by Crippen LogP contribution is -2.01. The summed E-state index contributed by atoms with van der Waals surface area (Å²) < 4.78 is 2.11. The molecule has 0 bridgehead atoms. The van der Waals surface area contributed by atoms with Gasteiger partial charge in [-0.25, -0.2) is 0 Å². The van der Waals surface area contributed by atoms with Crippen LogP contribution in [0.2, 0.25) is 0 Å². The molecule has 134 valence electrons. The van der Waals surface area contributed by atoms with Crippen LogP contribution in [0, 0.1) is 13.8 Å². The molecule has 3 aromatic heterocycles. The minimum atomic E-state index is 0.785. The molecule has 4 aromatic rings. The van der Waals surface area contributed by atoms with Crippen LogP contribution in [-0.4, -0.2) is 24.7 Å². The molecule has 0 saturated heterocycles. The van der Waals surface area contributed by atoms with E-state index in [2.05, 4.69) is 62.8 Å². The van der Waals surface area contributed by atoms with Gasteiger partial charge in [-0.3, -0.25) is 14.5 Å². The first-order chi connectivity index (χ1) is 13.2. The summed E-state index contributed by atoms with van der Waals surface area (Å²) in [6.45, 7) is 4.24. The number of nitrogens with zero attached hydrogens (tertiary/aromatic N) is 5. The van der Waals surface area contributed by atoms with Crippen molar-refractivity contribution < 1.29 is 0 Å². The molecule has 0 spiro atoms. The normalized spacial score (nSPS) is 10.9. The molecule has 0 unspecified atom stereocenters. The van der Waals surface area contributed by atoms with Gasteiger partial charge in [-0.05, 0) is 60.9 Å². The predicted octanol–water partition coefficient (Wildman–Crippen LogP) is 4.63. The summed E-state index contributed by atoms with van der Waals surface area (Å²) in [5, 5.41) is 9.80. The lowest BCUT2D eigenvalue weighted by Gasteiger charge is -2.12. The van der Waals surface area contributed by atoms with Crippen molar-refractivity contribution in [3.63, 3.8) is 0 Å². The molecule has 4 rings (SSSR count). The van der Waals surface area contributed by atoms with E-state index in [-0.39, 0.29) is 0 Å². The van der Waals surface area contributed by atoms with E-state index in [9.17, 15) is 0 Å². The van der Waals surface area contributed by atoms with Crippen LogP contribution in [0.1, 0.15) is 16.7 Å². The Kier molecular flexibility index (Phi) is 4.98. The molecule has 0 aliphatic carbocycles. The summed E-state index contributed by atoms with van der Waals surface area (Å²) in [6, 6.07) is 14.4. The van der Waals surface area contributed by atoms with Gasteiger partial charge in [0.05, 0.1) is 5.69 Å². The van der Waals surface area contributed by atoms with E-state index < -0.39 is 0 Å². The quantitative estimate of drug-likeness (QED) is 0.477. The van der Waals surface area contributed by atoms with E-state index in [0.717, 1.165) is 33.5 Å². The molecule has 0 fully saturated rings. The van der Waals surface area contributed by atoms with Crippen molar-refractivity contribution in [1.82, 2.24) is 24.7 Å². The Balaban J connectivity index is 1.77. The Bertz CT molecular complexity index is 1040. The van der Waals surface area contributed by atoms with Crippen LogP contribution in [-0.2, 0) is 5.75 Å². The van der Waals surface area contributed by atoms with Crippen LogP contribution in [0.15, 0.2) is 72.4 Å². The fourth-order valence-electron chi connectivity index (χ4n) is 2.78. The van der Waals surface area contributed by atoms with E-state index in [1.54, 1.807) is 30.4 Å². The second kappa shape index (κ2) is 7.72. The molecule has 5 nitrogen and oxygen atoms in total. The highest BCUT2D eigenvalue weighted by molar-refractivity contribution is 7.98. The smallest absolute Gasteiger partial charge is 0.196 e. The molecule has 0 N–H and O–H groups in total. The van der Waals surface area contributed by atoms with Crippen molar-refractivity contribution >= 4 is 11.8 Å². The largest absolute Gasteiger partial charge is 0.270 e. The number of pyridine rings is 2. The van der Waals surface area contributed by atoms with E-state index in [1.807, 2.05) is 24.4 Å². The molecule has 6 heteroatoms. The van der Waals surface area contributed by atoms with E-state index in [4.69, 9.17) is 0 Å². The van der Waals surface area contributed by atoms with Gasteiger partial charge < -0.3 is 0 Å². The summed E-state index contributed by atoms with van der Waals surface area (Å²) in [6.07, 6.45) is 7.22. The zero-order chi connectivity index (χ0) is 18.6. The van der Waals surface area contributed by atoms with Crippen molar-refractivity contribution in [1.29, 1.82) is 0 Å². The monoisotopic (exact) mass is 373 g/mol. The zero-order valence-corrected chi connectivity index (χ0v) is 16.0. The first-order valence-electron chi connectivity index (χ1n) is 8.67. The molecule has 3 heterocycles. The number of benzene rings is 1. The average molecular weight is 373 g/mol. The van der Waals surface area contributed by atoms with Gasteiger partial charge in [0.25, 0.3) is 0 Å². The van der Waals surface area contributed by atoms with Crippen LogP contribution < -0.4 is 0 Å². The van der Waals surface area contributed by atoms with Gasteiger partial charge in [0, 0.05) is 36.1 Å². The molecule has 0 atom stereocenters. The fraction of sp³-hybridized carbons (Fsp3) is 0.143. The molecule has 0 aliphatic rings. The summed E-state index contributed by atoms with van der Waals surface area (Å²) >= 11 is 1.65. The number of rotatable bonds is 5. The van der Waals surface area contributed by atoms with Gasteiger partial charge in [0.2, 0.25) is 0 Å². The maximum atomic E-state index is 4.48. The van der Waals surface area contributed by atoms with Crippen LogP contribution in [0.5, 0.6) is 0 Å². The van der Waals surface area contributed by atoms with Crippen LogP contribution in [0.25, 0.3) is 17.1 Å². The van der Waals surface area contributed by atoms with Crippen LogP contribution in [0.3, 0.4) is 0 Å². The number of thioether (sulfide) groups is 1. The van der Waals surface area contributed by atoms with Gasteiger partial charge in [-0.2, -0.15) is 0 Å². The third-order valence-electron chi connectivity index (χ3n) is 4.41. The maximum Gasteiger partial charge on any atom is 0.196 e. The Morgan fingerprint density at radius 2 is 1.74 bits per heavy atom. The van der Waals surface area contributed by atoms with Crippen molar-refractivity contribution in [2.45, 2.75) is 24.8 Å². The summed E-state index contributed by atoms with van der Waals surface area (Å²) in [5.74, 6) is 1.60.